The van der Waals surface area contributed by atoms with E-state index in [9.17, 15) is 4.79 Å². The van der Waals surface area contributed by atoms with Crippen LogP contribution < -0.4 is 0 Å². The van der Waals surface area contributed by atoms with Crippen LogP contribution in [0.1, 0.15) is 42.7 Å². The van der Waals surface area contributed by atoms with Crippen molar-refractivity contribution in [2.45, 2.75) is 49.8 Å². The maximum absolute atomic E-state index is 13.1. The highest BCUT2D eigenvalue weighted by Crippen LogP contribution is 2.36. The number of rotatable bonds is 4. The van der Waals surface area contributed by atoms with Crippen LogP contribution in [0.2, 0.25) is 0 Å². The molecule has 2 saturated heterocycles. The Hall–Kier alpha value is -1.84. The third kappa shape index (κ3) is 3.79. The standard InChI is InChI=1S/C22H25NO2.ClH/c1-23-18-12-13-19(23)15-20(14-18)25-22(24)21(16-8-4-2-5-9-16)17-10-6-3-7-11-17;/h2-11,18-21H,12-15H2,1H3;1H/t18-,19+,20?;. The summed E-state index contributed by atoms with van der Waals surface area (Å²) in [5.74, 6) is -0.467. The fraction of sp³-hybridized carbons (Fsp3) is 0.409. The average Bonchev–Trinajstić information content (AvgIpc) is 2.84. The zero-order chi connectivity index (χ0) is 17.2. The molecule has 0 aliphatic carbocycles. The van der Waals surface area contributed by atoms with Crippen molar-refractivity contribution in [3.8, 4) is 0 Å². The van der Waals surface area contributed by atoms with E-state index in [0.717, 1.165) is 24.0 Å². The maximum Gasteiger partial charge on any atom is 0.318 e. The second kappa shape index (κ2) is 8.24. The SMILES string of the molecule is CN1[C@@H]2CC[C@H]1CC(OC(=O)C(c1ccccc1)c1ccccc1)C2.Cl. The van der Waals surface area contributed by atoms with Gasteiger partial charge in [-0.15, -0.1) is 12.4 Å². The van der Waals surface area contributed by atoms with E-state index in [1.165, 1.54) is 12.8 Å². The first-order valence-corrected chi connectivity index (χ1v) is 9.24. The van der Waals surface area contributed by atoms with Gasteiger partial charge in [-0.3, -0.25) is 4.79 Å². The van der Waals surface area contributed by atoms with Crippen LogP contribution in [0.5, 0.6) is 0 Å². The van der Waals surface area contributed by atoms with Gasteiger partial charge in [0.2, 0.25) is 0 Å². The molecule has 2 heterocycles. The summed E-state index contributed by atoms with van der Waals surface area (Å²) in [6.45, 7) is 0. The molecule has 0 aromatic heterocycles. The van der Waals surface area contributed by atoms with E-state index in [2.05, 4.69) is 11.9 Å². The van der Waals surface area contributed by atoms with Gasteiger partial charge in [0.25, 0.3) is 0 Å². The molecule has 0 spiro atoms. The number of halogens is 1. The Labute approximate surface area is 161 Å². The van der Waals surface area contributed by atoms with Gasteiger partial charge >= 0.3 is 5.97 Å². The van der Waals surface area contributed by atoms with Crippen molar-refractivity contribution in [2.75, 3.05) is 7.05 Å². The van der Waals surface area contributed by atoms with Crippen LogP contribution >= 0.6 is 12.4 Å². The van der Waals surface area contributed by atoms with Gasteiger partial charge in [0, 0.05) is 12.1 Å². The maximum atomic E-state index is 13.1. The number of carbonyl (C=O) groups is 1. The van der Waals surface area contributed by atoms with E-state index < -0.39 is 0 Å². The summed E-state index contributed by atoms with van der Waals surface area (Å²) in [6.07, 6.45) is 4.45. The van der Waals surface area contributed by atoms with Gasteiger partial charge in [0.05, 0.1) is 0 Å². The van der Waals surface area contributed by atoms with Crippen LogP contribution in [0.3, 0.4) is 0 Å². The number of nitrogens with zero attached hydrogens (tertiary/aromatic N) is 1. The average molecular weight is 372 g/mol. The summed E-state index contributed by atoms with van der Waals surface area (Å²) < 4.78 is 6.03. The Morgan fingerprint density at radius 1 is 0.923 bits per heavy atom. The minimum atomic E-state index is -0.347. The van der Waals surface area contributed by atoms with Gasteiger partial charge in [-0.1, -0.05) is 60.7 Å². The molecule has 0 amide bonds. The summed E-state index contributed by atoms with van der Waals surface area (Å²) in [4.78, 5) is 15.6. The highest BCUT2D eigenvalue weighted by atomic mass is 35.5. The largest absolute Gasteiger partial charge is 0.462 e. The van der Waals surface area contributed by atoms with Gasteiger partial charge in [0.1, 0.15) is 12.0 Å². The third-order valence-corrected chi connectivity index (χ3v) is 5.84. The second-order valence-electron chi connectivity index (χ2n) is 7.34. The summed E-state index contributed by atoms with van der Waals surface area (Å²) in [6, 6.07) is 21.1. The zero-order valence-electron chi connectivity index (χ0n) is 15.1. The smallest absolute Gasteiger partial charge is 0.318 e. The third-order valence-electron chi connectivity index (χ3n) is 5.84. The van der Waals surface area contributed by atoms with Crippen molar-refractivity contribution in [1.82, 2.24) is 4.90 Å². The number of esters is 1. The number of benzene rings is 2. The molecular formula is C22H26ClNO2. The molecule has 2 bridgehead atoms. The first kappa shape index (κ1) is 18.9. The Kier molecular flexibility index (Phi) is 6.00. The number of fused-ring (bicyclic) bond motifs is 2. The normalized spacial score (nSPS) is 24.9. The van der Waals surface area contributed by atoms with Gasteiger partial charge in [-0.05, 0) is 43.9 Å². The van der Waals surface area contributed by atoms with E-state index in [0.29, 0.717) is 12.1 Å². The molecule has 1 unspecified atom stereocenters. The van der Waals surface area contributed by atoms with Gasteiger partial charge in [-0.2, -0.15) is 0 Å². The molecule has 2 aliphatic heterocycles. The van der Waals surface area contributed by atoms with Crippen LogP contribution in [0, 0.1) is 0 Å². The van der Waals surface area contributed by atoms with E-state index in [1.54, 1.807) is 0 Å². The van der Waals surface area contributed by atoms with Crippen LogP contribution in [0.15, 0.2) is 60.7 Å². The lowest BCUT2D eigenvalue weighted by Crippen LogP contribution is -2.43. The lowest BCUT2D eigenvalue weighted by molar-refractivity contribution is -0.153. The van der Waals surface area contributed by atoms with Crippen molar-refractivity contribution in [2.24, 2.45) is 0 Å². The van der Waals surface area contributed by atoms with Crippen LogP contribution in [-0.2, 0) is 9.53 Å². The second-order valence-corrected chi connectivity index (χ2v) is 7.34. The zero-order valence-corrected chi connectivity index (χ0v) is 15.9. The molecule has 4 heteroatoms. The van der Waals surface area contributed by atoms with Crippen molar-refractivity contribution in [3.63, 3.8) is 0 Å². The lowest BCUT2D eigenvalue weighted by atomic mass is 9.91. The summed E-state index contributed by atoms with van der Waals surface area (Å²) in [5.41, 5.74) is 1.99. The number of piperidine rings is 1. The molecule has 3 atom stereocenters. The fourth-order valence-corrected chi connectivity index (χ4v) is 4.45. The summed E-state index contributed by atoms with van der Waals surface area (Å²) >= 11 is 0. The molecule has 0 N–H and O–H groups in total. The van der Waals surface area contributed by atoms with Gasteiger partial charge in [-0.25, -0.2) is 0 Å². The summed E-state index contributed by atoms with van der Waals surface area (Å²) in [7, 11) is 2.21. The number of hydrogen-bond acceptors (Lipinski definition) is 3. The fourth-order valence-electron chi connectivity index (χ4n) is 4.45. The topological polar surface area (TPSA) is 29.5 Å². The Morgan fingerprint density at radius 3 is 1.85 bits per heavy atom. The molecule has 2 fully saturated rings. The molecule has 2 aromatic rings. The van der Waals surface area contributed by atoms with E-state index >= 15 is 0 Å². The van der Waals surface area contributed by atoms with E-state index in [-0.39, 0.29) is 30.4 Å². The molecule has 0 saturated carbocycles. The number of carbonyl (C=O) groups excluding carboxylic acids is 1. The monoisotopic (exact) mass is 371 g/mol. The first-order valence-electron chi connectivity index (χ1n) is 9.24. The van der Waals surface area contributed by atoms with Crippen LogP contribution in [-0.4, -0.2) is 36.1 Å². The molecule has 2 aliphatic rings. The Morgan fingerprint density at radius 2 is 1.38 bits per heavy atom. The van der Waals surface area contributed by atoms with E-state index in [1.807, 2.05) is 60.7 Å². The molecule has 3 nitrogen and oxygen atoms in total. The first-order chi connectivity index (χ1) is 12.2. The minimum absolute atomic E-state index is 0. The molecule has 0 radical (unpaired) electrons. The van der Waals surface area contributed by atoms with Crippen molar-refractivity contribution < 1.29 is 9.53 Å². The van der Waals surface area contributed by atoms with E-state index in [4.69, 9.17) is 4.74 Å². The lowest BCUT2D eigenvalue weighted by Gasteiger charge is -2.36. The minimum Gasteiger partial charge on any atom is -0.462 e. The van der Waals surface area contributed by atoms with Gasteiger partial charge in [0.15, 0.2) is 0 Å². The highest BCUT2D eigenvalue weighted by Gasteiger charge is 2.40. The van der Waals surface area contributed by atoms with Crippen molar-refractivity contribution >= 4 is 18.4 Å². The molecule has 26 heavy (non-hydrogen) atoms. The Bertz CT molecular complexity index is 668. The van der Waals surface area contributed by atoms with Gasteiger partial charge < -0.3 is 9.64 Å². The van der Waals surface area contributed by atoms with Crippen LogP contribution in [0.25, 0.3) is 0 Å². The van der Waals surface area contributed by atoms with Crippen LogP contribution in [0.4, 0.5) is 0 Å². The molecule has 2 aromatic carbocycles. The molecule has 4 rings (SSSR count). The van der Waals surface area contributed by atoms with Crippen molar-refractivity contribution in [3.05, 3.63) is 71.8 Å². The Balaban J connectivity index is 0.00000196. The number of ether oxygens (including phenoxy) is 1. The predicted octanol–water partition coefficient (Wildman–Crippen LogP) is 4.41. The van der Waals surface area contributed by atoms with Crippen molar-refractivity contribution in [1.29, 1.82) is 0 Å². The predicted molar refractivity (Wildman–Crippen MR) is 106 cm³/mol. The quantitative estimate of drug-likeness (QED) is 0.745. The molecule has 138 valence electrons. The highest BCUT2D eigenvalue weighted by molar-refractivity contribution is 5.85. The molecular weight excluding hydrogens is 346 g/mol. The summed E-state index contributed by atoms with van der Waals surface area (Å²) in [5, 5.41) is 0. The number of hydrogen-bond donors (Lipinski definition) is 0.